The van der Waals surface area contributed by atoms with Crippen LogP contribution in [0, 0.1) is 0 Å². The van der Waals surface area contributed by atoms with Crippen LogP contribution in [0.5, 0.6) is 23.0 Å². The van der Waals surface area contributed by atoms with Crippen molar-refractivity contribution >= 4 is 22.5 Å². The van der Waals surface area contributed by atoms with Crippen molar-refractivity contribution in [3.05, 3.63) is 70.9 Å². The third kappa shape index (κ3) is 4.33. The zero-order chi connectivity index (χ0) is 21.1. The summed E-state index contributed by atoms with van der Waals surface area (Å²) in [5, 5.41) is 37.9. The number of hydrogen-bond acceptors (Lipinski definition) is 8. The molecule has 2 aromatic carbocycles. The highest BCUT2D eigenvalue weighted by molar-refractivity contribution is 6.14. The van der Waals surface area contributed by atoms with Gasteiger partial charge in [-0.25, -0.2) is 0 Å². The van der Waals surface area contributed by atoms with Crippen LogP contribution in [0.3, 0.4) is 0 Å². The summed E-state index contributed by atoms with van der Waals surface area (Å²) < 4.78 is 5.47. The van der Waals surface area contributed by atoms with Gasteiger partial charge in [0.1, 0.15) is 28.2 Å². The SMILES string of the molecule is O=C1C=CC(=O)C=C1.O=c1cc(-c2ccc(O)c(O)c2)oc2cc(O)cc(O)c12. The van der Waals surface area contributed by atoms with Crippen LogP contribution in [0.25, 0.3) is 22.3 Å². The lowest BCUT2D eigenvalue weighted by Crippen LogP contribution is -2.00. The van der Waals surface area contributed by atoms with Crippen LogP contribution in [0.15, 0.2) is 69.9 Å². The second-order valence-electron chi connectivity index (χ2n) is 5.99. The molecule has 1 aliphatic carbocycles. The van der Waals surface area contributed by atoms with E-state index in [9.17, 15) is 34.8 Å². The first-order valence-electron chi connectivity index (χ1n) is 8.21. The first kappa shape index (κ1) is 19.4. The number of phenolic OH excluding ortho intramolecular Hbond substituents is 4. The van der Waals surface area contributed by atoms with Gasteiger partial charge in [0.15, 0.2) is 28.5 Å². The fraction of sp³-hybridized carbons (Fsp3) is 0. The van der Waals surface area contributed by atoms with Crippen molar-refractivity contribution in [3.63, 3.8) is 0 Å². The summed E-state index contributed by atoms with van der Waals surface area (Å²) in [6.07, 6.45) is 5.01. The van der Waals surface area contributed by atoms with Gasteiger partial charge >= 0.3 is 0 Å². The maximum Gasteiger partial charge on any atom is 0.197 e. The molecular weight excluding hydrogens is 380 g/mol. The van der Waals surface area contributed by atoms with Gasteiger partial charge in [0.25, 0.3) is 0 Å². The van der Waals surface area contributed by atoms with Crippen molar-refractivity contribution < 1.29 is 34.4 Å². The van der Waals surface area contributed by atoms with Gasteiger partial charge in [0, 0.05) is 23.8 Å². The van der Waals surface area contributed by atoms with E-state index in [1.165, 1.54) is 48.6 Å². The van der Waals surface area contributed by atoms with Crippen LogP contribution in [-0.2, 0) is 9.59 Å². The first-order valence-corrected chi connectivity index (χ1v) is 8.21. The summed E-state index contributed by atoms with van der Waals surface area (Å²) >= 11 is 0. The molecule has 4 N–H and O–H groups in total. The normalized spacial score (nSPS) is 12.7. The van der Waals surface area contributed by atoms with E-state index in [1.54, 1.807) is 0 Å². The summed E-state index contributed by atoms with van der Waals surface area (Å²) in [7, 11) is 0. The van der Waals surface area contributed by atoms with Crippen molar-refractivity contribution in [2.75, 3.05) is 0 Å². The molecule has 0 atom stereocenters. The van der Waals surface area contributed by atoms with Crippen molar-refractivity contribution in [1.29, 1.82) is 0 Å². The van der Waals surface area contributed by atoms with Gasteiger partial charge in [-0.05, 0) is 42.5 Å². The Balaban J connectivity index is 0.000000252. The minimum atomic E-state index is -0.490. The lowest BCUT2D eigenvalue weighted by molar-refractivity contribution is -0.113. The van der Waals surface area contributed by atoms with Gasteiger partial charge in [-0.1, -0.05) is 0 Å². The molecule has 1 aromatic heterocycles. The number of carbonyl (C=O) groups excluding carboxylic acids is 2. The van der Waals surface area contributed by atoms with E-state index < -0.39 is 5.43 Å². The third-order valence-electron chi connectivity index (χ3n) is 3.88. The highest BCUT2D eigenvalue weighted by Gasteiger charge is 2.13. The molecule has 146 valence electrons. The Morgan fingerprint density at radius 3 is 1.86 bits per heavy atom. The number of hydrogen-bond donors (Lipinski definition) is 4. The maximum atomic E-state index is 12.0. The fourth-order valence-electron chi connectivity index (χ4n) is 2.51. The second-order valence-corrected chi connectivity index (χ2v) is 5.99. The second kappa shape index (κ2) is 7.73. The van der Waals surface area contributed by atoms with Crippen LogP contribution < -0.4 is 5.43 Å². The number of rotatable bonds is 1. The molecule has 0 radical (unpaired) electrons. The molecule has 0 amide bonds. The predicted octanol–water partition coefficient (Wildman–Crippen LogP) is 2.53. The molecule has 0 unspecified atom stereocenters. The van der Waals surface area contributed by atoms with Gasteiger partial charge < -0.3 is 24.8 Å². The molecule has 0 aliphatic heterocycles. The topological polar surface area (TPSA) is 145 Å². The van der Waals surface area contributed by atoms with Gasteiger partial charge in [0.2, 0.25) is 0 Å². The molecule has 4 rings (SSSR count). The Morgan fingerprint density at radius 1 is 0.655 bits per heavy atom. The Hall–Kier alpha value is -4.33. The van der Waals surface area contributed by atoms with Crippen LogP contribution in [-0.4, -0.2) is 32.0 Å². The fourth-order valence-corrected chi connectivity index (χ4v) is 2.51. The number of carbonyl (C=O) groups is 2. The number of phenols is 4. The van der Waals surface area contributed by atoms with Crippen molar-refractivity contribution in [3.8, 4) is 34.3 Å². The monoisotopic (exact) mass is 394 g/mol. The summed E-state index contributed by atoms with van der Waals surface area (Å²) in [6.45, 7) is 0. The van der Waals surface area contributed by atoms with Crippen LogP contribution >= 0.6 is 0 Å². The minimum absolute atomic E-state index is 0.0163. The molecule has 0 saturated carbocycles. The Morgan fingerprint density at radius 2 is 1.28 bits per heavy atom. The molecule has 29 heavy (non-hydrogen) atoms. The van der Waals surface area contributed by atoms with Crippen molar-refractivity contribution in [1.82, 2.24) is 0 Å². The Bertz CT molecular complexity index is 1210. The molecule has 0 spiro atoms. The summed E-state index contributed by atoms with van der Waals surface area (Å²) in [6, 6.07) is 7.37. The van der Waals surface area contributed by atoms with Gasteiger partial charge in [-0.15, -0.1) is 0 Å². The average Bonchev–Trinajstić information content (AvgIpc) is 2.66. The molecule has 1 heterocycles. The number of benzene rings is 2. The highest BCUT2D eigenvalue weighted by Crippen LogP contribution is 2.33. The number of allylic oxidation sites excluding steroid dienone is 4. The van der Waals surface area contributed by atoms with Gasteiger partial charge in [-0.3, -0.25) is 14.4 Å². The van der Waals surface area contributed by atoms with E-state index in [2.05, 4.69) is 0 Å². The molecule has 0 fully saturated rings. The lowest BCUT2D eigenvalue weighted by Gasteiger charge is -2.06. The molecule has 1 aliphatic rings. The third-order valence-corrected chi connectivity index (χ3v) is 3.88. The smallest absolute Gasteiger partial charge is 0.197 e. The Kier molecular flexibility index (Phi) is 5.18. The van der Waals surface area contributed by atoms with E-state index >= 15 is 0 Å². The van der Waals surface area contributed by atoms with E-state index in [0.29, 0.717) is 5.56 Å². The van der Waals surface area contributed by atoms with Gasteiger partial charge in [0.05, 0.1) is 0 Å². The van der Waals surface area contributed by atoms with Crippen LogP contribution in [0.4, 0.5) is 0 Å². The van der Waals surface area contributed by atoms with E-state index in [0.717, 1.165) is 12.1 Å². The summed E-state index contributed by atoms with van der Waals surface area (Å²) in [4.78, 5) is 32.6. The minimum Gasteiger partial charge on any atom is -0.508 e. The number of aromatic hydroxyl groups is 4. The summed E-state index contributed by atoms with van der Waals surface area (Å²) in [5.41, 5.74) is -0.106. The zero-order valence-electron chi connectivity index (χ0n) is 14.7. The quantitative estimate of drug-likeness (QED) is 0.364. The van der Waals surface area contributed by atoms with Gasteiger partial charge in [-0.2, -0.15) is 0 Å². The largest absolute Gasteiger partial charge is 0.508 e. The van der Waals surface area contributed by atoms with Crippen molar-refractivity contribution in [2.24, 2.45) is 0 Å². The molecular formula is C21H14O8. The van der Waals surface area contributed by atoms with Crippen LogP contribution in [0.1, 0.15) is 0 Å². The standard InChI is InChI=1S/C15H10O6.C6H4O2/c16-8-4-11(19)15-12(20)6-13(21-14(15)5-8)7-1-2-9(17)10(18)3-7;7-5-1-2-6(8)4-3-5/h1-6,16-19H;1-4H. The molecule has 0 saturated heterocycles. The van der Waals surface area contributed by atoms with E-state index in [4.69, 9.17) is 4.42 Å². The molecule has 8 heteroatoms. The molecule has 3 aromatic rings. The Labute approximate surface area is 162 Å². The molecule has 0 bridgehead atoms. The first-order chi connectivity index (χ1) is 13.7. The van der Waals surface area contributed by atoms with Crippen molar-refractivity contribution in [2.45, 2.75) is 0 Å². The number of fused-ring (bicyclic) bond motifs is 1. The number of ketones is 2. The van der Waals surface area contributed by atoms with E-state index in [-0.39, 0.29) is 51.3 Å². The summed E-state index contributed by atoms with van der Waals surface area (Å²) in [5.74, 6) is -1.37. The lowest BCUT2D eigenvalue weighted by atomic mass is 10.1. The highest BCUT2D eigenvalue weighted by atomic mass is 16.3. The molecule has 8 nitrogen and oxygen atoms in total. The zero-order valence-corrected chi connectivity index (χ0v) is 14.7. The van der Waals surface area contributed by atoms with E-state index in [1.807, 2.05) is 0 Å². The van der Waals surface area contributed by atoms with Crippen LogP contribution in [0.2, 0.25) is 0 Å². The maximum absolute atomic E-state index is 12.0. The average molecular weight is 394 g/mol. The predicted molar refractivity (Wildman–Crippen MR) is 103 cm³/mol.